The Morgan fingerprint density at radius 2 is 1.83 bits per heavy atom. The minimum Gasteiger partial charge on any atom is -0.454 e. The van der Waals surface area contributed by atoms with Crippen molar-refractivity contribution in [3.63, 3.8) is 0 Å². The summed E-state index contributed by atoms with van der Waals surface area (Å²) in [5.41, 5.74) is 3.79. The van der Waals surface area contributed by atoms with Gasteiger partial charge in [0, 0.05) is 55.9 Å². The summed E-state index contributed by atoms with van der Waals surface area (Å²) >= 11 is 0. The fourth-order valence-electron chi connectivity index (χ4n) is 3.79. The van der Waals surface area contributed by atoms with Crippen LogP contribution in [0.15, 0.2) is 48.9 Å². The monoisotopic (exact) mass is 389 g/mol. The van der Waals surface area contributed by atoms with Crippen LogP contribution in [-0.2, 0) is 0 Å². The van der Waals surface area contributed by atoms with Gasteiger partial charge in [0.2, 0.25) is 12.7 Å². The topological polar surface area (TPSA) is 63.6 Å². The van der Waals surface area contributed by atoms with E-state index in [0.29, 0.717) is 0 Å². The summed E-state index contributed by atoms with van der Waals surface area (Å²) in [4.78, 5) is 18.7. The van der Waals surface area contributed by atoms with Crippen molar-refractivity contribution in [3.05, 3.63) is 48.9 Å². The molecule has 29 heavy (non-hydrogen) atoms. The van der Waals surface area contributed by atoms with Crippen LogP contribution in [0.1, 0.15) is 6.92 Å². The van der Waals surface area contributed by atoms with Gasteiger partial charge in [0.1, 0.15) is 0 Å². The lowest BCUT2D eigenvalue weighted by Gasteiger charge is -2.34. The highest BCUT2D eigenvalue weighted by Crippen LogP contribution is 2.38. The summed E-state index contributed by atoms with van der Waals surface area (Å²) in [6, 6.07) is 9.90. The number of hydrogen-bond donors (Lipinski definition) is 0. The number of rotatable bonds is 4. The summed E-state index contributed by atoms with van der Waals surface area (Å²) in [5.74, 6) is 2.28. The van der Waals surface area contributed by atoms with Crippen LogP contribution in [0.2, 0.25) is 0 Å². The van der Waals surface area contributed by atoms with Crippen molar-refractivity contribution in [3.8, 4) is 33.9 Å². The van der Waals surface area contributed by atoms with E-state index in [1.165, 1.54) is 0 Å². The molecule has 0 spiro atoms. The van der Waals surface area contributed by atoms with Gasteiger partial charge in [-0.15, -0.1) is 0 Å². The van der Waals surface area contributed by atoms with Crippen molar-refractivity contribution >= 4 is 5.95 Å². The van der Waals surface area contributed by atoms with Gasteiger partial charge in [-0.25, -0.2) is 9.97 Å². The number of piperazine rings is 1. The van der Waals surface area contributed by atoms with Gasteiger partial charge in [-0.1, -0.05) is 13.0 Å². The molecule has 0 N–H and O–H groups in total. The molecule has 4 heterocycles. The number of pyridine rings is 1. The predicted molar refractivity (Wildman–Crippen MR) is 111 cm³/mol. The van der Waals surface area contributed by atoms with E-state index < -0.39 is 0 Å². The average Bonchev–Trinajstić information content (AvgIpc) is 3.27. The van der Waals surface area contributed by atoms with Crippen molar-refractivity contribution in [1.29, 1.82) is 0 Å². The van der Waals surface area contributed by atoms with Crippen molar-refractivity contribution in [2.45, 2.75) is 6.92 Å². The van der Waals surface area contributed by atoms with Gasteiger partial charge in [-0.3, -0.25) is 4.98 Å². The Morgan fingerprint density at radius 3 is 2.62 bits per heavy atom. The molecule has 0 aliphatic carbocycles. The Bertz CT molecular complexity index is 1000. The second-order valence-electron chi connectivity index (χ2n) is 7.16. The molecule has 2 aromatic heterocycles. The standard InChI is InChI=1S/C22H23N5O2/c1-2-26-8-10-27(11-9-26)22-24-14-18(21(25-22)17-4-3-7-23-13-17)16-5-6-19-20(12-16)29-15-28-19/h3-7,12-14H,2,8-11,15H2,1H3. The number of anilines is 1. The number of fused-ring (bicyclic) bond motifs is 1. The van der Waals surface area contributed by atoms with Gasteiger partial charge in [0.05, 0.1) is 5.69 Å². The molecule has 1 saturated heterocycles. The Balaban J connectivity index is 1.55. The van der Waals surface area contributed by atoms with Gasteiger partial charge in [-0.05, 0) is 36.4 Å². The quantitative estimate of drug-likeness (QED) is 0.679. The van der Waals surface area contributed by atoms with Crippen molar-refractivity contribution < 1.29 is 9.47 Å². The third-order valence-corrected chi connectivity index (χ3v) is 5.50. The summed E-state index contributed by atoms with van der Waals surface area (Å²) in [5, 5.41) is 0. The van der Waals surface area contributed by atoms with Crippen LogP contribution in [0, 0.1) is 0 Å². The third kappa shape index (κ3) is 3.49. The minimum absolute atomic E-state index is 0.257. The molecule has 2 aliphatic rings. The highest BCUT2D eigenvalue weighted by atomic mass is 16.7. The van der Waals surface area contributed by atoms with E-state index in [2.05, 4.69) is 21.7 Å². The van der Waals surface area contributed by atoms with E-state index in [-0.39, 0.29) is 6.79 Å². The Kier molecular flexibility index (Phi) is 4.73. The second-order valence-corrected chi connectivity index (χ2v) is 7.16. The molecule has 0 unspecified atom stereocenters. The van der Waals surface area contributed by atoms with Crippen LogP contribution >= 0.6 is 0 Å². The molecule has 0 atom stereocenters. The van der Waals surface area contributed by atoms with E-state index in [0.717, 1.165) is 72.6 Å². The van der Waals surface area contributed by atoms with Gasteiger partial charge >= 0.3 is 0 Å². The molecule has 7 heteroatoms. The van der Waals surface area contributed by atoms with Gasteiger partial charge < -0.3 is 19.3 Å². The summed E-state index contributed by atoms with van der Waals surface area (Å²) in [6.07, 6.45) is 5.53. The highest BCUT2D eigenvalue weighted by molar-refractivity contribution is 5.81. The molecular formula is C22H23N5O2. The molecule has 0 bridgehead atoms. The van der Waals surface area contributed by atoms with Crippen LogP contribution in [0.5, 0.6) is 11.5 Å². The molecule has 1 fully saturated rings. The molecule has 0 saturated carbocycles. The molecule has 1 aromatic carbocycles. The van der Waals surface area contributed by atoms with Crippen molar-refractivity contribution in [2.24, 2.45) is 0 Å². The summed E-state index contributed by atoms with van der Waals surface area (Å²) < 4.78 is 11.0. The van der Waals surface area contributed by atoms with E-state index in [1.54, 1.807) is 6.20 Å². The SMILES string of the molecule is CCN1CCN(c2ncc(-c3ccc4c(c3)OCO4)c(-c3cccnc3)n2)CC1. The maximum absolute atomic E-state index is 5.56. The van der Waals surface area contributed by atoms with Crippen LogP contribution in [0.4, 0.5) is 5.95 Å². The highest BCUT2D eigenvalue weighted by Gasteiger charge is 2.21. The van der Waals surface area contributed by atoms with Crippen molar-refractivity contribution in [2.75, 3.05) is 44.4 Å². The van der Waals surface area contributed by atoms with Crippen LogP contribution < -0.4 is 14.4 Å². The lowest BCUT2D eigenvalue weighted by molar-refractivity contribution is 0.174. The first kappa shape index (κ1) is 17.9. The molecular weight excluding hydrogens is 366 g/mol. The zero-order valence-corrected chi connectivity index (χ0v) is 16.4. The Hall–Kier alpha value is -3.19. The summed E-state index contributed by atoms with van der Waals surface area (Å²) in [7, 11) is 0. The average molecular weight is 389 g/mol. The van der Waals surface area contributed by atoms with E-state index in [9.17, 15) is 0 Å². The predicted octanol–water partition coefficient (Wildman–Crippen LogP) is 3.08. The molecule has 2 aliphatic heterocycles. The largest absolute Gasteiger partial charge is 0.454 e. The summed E-state index contributed by atoms with van der Waals surface area (Å²) in [6.45, 7) is 7.48. The van der Waals surface area contributed by atoms with E-state index >= 15 is 0 Å². The van der Waals surface area contributed by atoms with Crippen LogP contribution in [0.3, 0.4) is 0 Å². The number of benzene rings is 1. The maximum Gasteiger partial charge on any atom is 0.231 e. The lowest BCUT2D eigenvalue weighted by Crippen LogP contribution is -2.46. The Labute approximate surface area is 169 Å². The van der Waals surface area contributed by atoms with Crippen LogP contribution in [-0.4, -0.2) is 59.4 Å². The van der Waals surface area contributed by atoms with Gasteiger partial charge in [-0.2, -0.15) is 0 Å². The molecule has 7 nitrogen and oxygen atoms in total. The fourth-order valence-corrected chi connectivity index (χ4v) is 3.79. The number of aromatic nitrogens is 3. The first-order valence-electron chi connectivity index (χ1n) is 9.96. The number of nitrogens with zero attached hydrogens (tertiary/aromatic N) is 5. The first-order valence-corrected chi connectivity index (χ1v) is 9.96. The number of hydrogen-bond acceptors (Lipinski definition) is 7. The van der Waals surface area contributed by atoms with E-state index in [4.69, 9.17) is 19.4 Å². The molecule has 3 aromatic rings. The van der Waals surface area contributed by atoms with Gasteiger partial charge in [0.15, 0.2) is 11.5 Å². The zero-order chi connectivity index (χ0) is 19.6. The van der Waals surface area contributed by atoms with Gasteiger partial charge in [0.25, 0.3) is 0 Å². The van der Waals surface area contributed by atoms with Crippen molar-refractivity contribution in [1.82, 2.24) is 19.9 Å². The zero-order valence-electron chi connectivity index (χ0n) is 16.4. The smallest absolute Gasteiger partial charge is 0.231 e. The molecule has 5 rings (SSSR count). The molecule has 148 valence electrons. The third-order valence-electron chi connectivity index (χ3n) is 5.50. The first-order chi connectivity index (χ1) is 14.3. The maximum atomic E-state index is 5.56. The second kappa shape index (κ2) is 7.67. The molecule has 0 radical (unpaired) electrons. The number of likely N-dealkylation sites (N-methyl/N-ethyl adjacent to an activating group) is 1. The lowest BCUT2D eigenvalue weighted by atomic mass is 10.0. The number of ether oxygens (including phenoxy) is 2. The normalized spacial score (nSPS) is 16.2. The molecule has 0 amide bonds. The fraction of sp³-hybridized carbons (Fsp3) is 0.318. The Morgan fingerprint density at radius 1 is 0.966 bits per heavy atom. The minimum atomic E-state index is 0.257. The van der Waals surface area contributed by atoms with E-state index in [1.807, 2.05) is 42.7 Å². The van der Waals surface area contributed by atoms with Crippen LogP contribution in [0.25, 0.3) is 22.4 Å².